The van der Waals surface area contributed by atoms with E-state index in [9.17, 15) is 29.3 Å². The Morgan fingerprint density at radius 2 is 1.22 bits per heavy atom. The third-order valence-electron chi connectivity index (χ3n) is 11.1. The summed E-state index contributed by atoms with van der Waals surface area (Å²) in [5, 5.41) is 20.8. The highest BCUT2D eigenvalue weighted by molar-refractivity contribution is 7.45. The Balaban J connectivity index is 2.43. The van der Waals surface area contributed by atoms with Gasteiger partial charge in [0.1, 0.15) is 31.3 Å². The number of aryl methyl sites for hydroxylation is 2. The van der Waals surface area contributed by atoms with Gasteiger partial charge in [-0.2, -0.15) is 0 Å². The first kappa shape index (κ1) is 58.4. The van der Waals surface area contributed by atoms with Crippen LogP contribution in [0.3, 0.4) is 0 Å². The number of rotatable bonds is 40. The van der Waals surface area contributed by atoms with Crippen molar-refractivity contribution in [3.05, 3.63) is 59.1 Å². The second-order valence-electron chi connectivity index (χ2n) is 18.0. The van der Waals surface area contributed by atoms with Crippen molar-refractivity contribution in [1.82, 2.24) is 0 Å². The quantitative estimate of drug-likeness (QED) is 0.0212. The fourth-order valence-corrected chi connectivity index (χ4v) is 7.55. The Morgan fingerprint density at radius 3 is 1.84 bits per heavy atom. The van der Waals surface area contributed by atoms with Gasteiger partial charge in [0.05, 0.1) is 40.0 Å². The molecule has 1 aromatic rings. The minimum Gasteiger partial charge on any atom is -0.756 e. The number of phosphoric ester groups is 1. The number of phosphoric acid groups is 1. The van der Waals surface area contributed by atoms with Gasteiger partial charge < -0.3 is 42.5 Å². The number of unbranched alkanes of at least 4 members (excludes halogenated alkanes) is 12. The summed E-state index contributed by atoms with van der Waals surface area (Å²) in [4.78, 5) is 37.8. The molecule has 0 aromatic carbocycles. The van der Waals surface area contributed by atoms with E-state index >= 15 is 0 Å². The molecule has 0 aliphatic carbocycles. The molecule has 364 valence electrons. The van der Waals surface area contributed by atoms with Gasteiger partial charge in [-0.1, -0.05) is 115 Å². The van der Waals surface area contributed by atoms with Gasteiger partial charge in [-0.05, 0) is 89.2 Å². The number of aliphatic hydroxyl groups excluding tert-OH is 2. The molecule has 12 nitrogen and oxygen atoms in total. The Morgan fingerprint density at radius 1 is 0.683 bits per heavy atom. The lowest BCUT2D eigenvalue weighted by atomic mass is 10.0. The number of allylic oxidation sites excluding steroid dienone is 5. The number of hydrogen-bond acceptors (Lipinski definition) is 11. The number of furan rings is 1. The number of quaternary nitrogens is 1. The fraction of sp³-hybridized carbons (Fsp3) is 0.760. The van der Waals surface area contributed by atoms with Crippen molar-refractivity contribution in [3.8, 4) is 0 Å². The molecule has 0 radical (unpaired) electrons. The van der Waals surface area contributed by atoms with Gasteiger partial charge in [0.2, 0.25) is 0 Å². The summed E-state index contributed by atoms with van der Waals surface area (Å²) in [6.45, 7) is 8.14. The molecule has 0 saturated heterocycles. The van der Waals surface area contributed by atoms with Crippen LogP contribution < -0.4 is 4.89 Å². The molecule has 4 atom stereocenters. The molecular formula is C50H88NO11P. The van der Waals surface area contributed by atoms with Crippen LogP contribution in [-0.4, -0.2) is 92.5 Å². The molecule has 1 aromatic heterocycles. The van der Waals surface area contributed by atoms with Crippen LogP contribution >= 0.6 is 7.82 Å². The smallest absolute Gasteiger partial charge is 0.306 e. The fourth-order valence-electron chi connectivity index (χ4n) is 6.82. The molecule has 0 bridgehead atoms. The van der Waals surface area contributed by atoms with Gasteiger partial charge in [-0.3, -0.25) is 14.2 Å². The first-order valence-corrected chi connectivity index (χ1v) is 25.7. The molecule has 0 fully saturated rings. The summed E-state index contributed by atoms with van der Waals surface area (Å²) in [5.41, 5.74) is 2.63. The number of ether oxygens (including phenoxy) is 2. The number of carbonyl (C=O) groups excluding carboxylic acids is 2. The summed E-state index contributed by atoms with van der Waals surface area (Å²) in [6.07, 6.45) is 30.2. The van der Waals surface area contributed by atoms with Crippen LogP contribution in [0, 0.1) is 13.8 Å². The average Bonchev–Trinajstić information content (AvgIpc) is 3.49. The summed E-state index contributed by atoms with van der Waals surface area (Å²) in [5.74, 6) is 1.16. The largest absolute Gasteiger partial charge is 0.756 e. The molecule has 0 aliphatic rings. The van der Waals surface area contributed by atoms with Crippen LogP contribution in [-0.2, 0) is 45.5 Å². The average molecular weight is 910 g/mol. The van der Waals surface area contributed by atoms with Crippen molar-refractivity contribution in [2.45, 2.75) is 200 Å². The summed E-state index contributed by atoms with van der Waals surface area (Å²) >= 11 is 0. The number of hydrogen-bond donors (Lipinski definition) is 2. The highest BCUT2D eigenvalue weighted by Crippen LogP contribution is 2.38. The molecule has 2 N–H and O–H groups in total. The summed E-state index contributed by atoms with van der Waals surface area (Å²) < 4.78 is 40.0. The first-order valence-electron chi connectivity index (χ1n) is 24.2. The second-order valence-corrected chi connectivity index (χ2v) is 19.4. The molecule has 13 heteroatoms. The maximum atomic E-state index is 12.8. The maximum absolute atomic E-state index is 12.8. The predicted molar refractivity (Wildman–Crippen MR) is 251 cm³/mol. The monoisotopic (exact) mass is 910 g/mol. The van der Waals surface area contributed by atoms with Gasteiger partial charge >= 0.3 is 11.9 Å². The molecular weight excluding hydrogens is 822 g/mol. The van der Waals surface area contributed by atoms with Crippen molar-refractivity contribution in [3.63, 3.8) is 0 Å². The van der Waals surface area contributed by atoms with Gasteiger partial charge in [-0.15, -0.1) is 0 Å². The van der Waals surface area contributed by atoms with Crippen LogP contribution in [0.15, 0.2) is 40.9 Å². The minimum absolute atomic E-state index is 0.0902. The number of nitrogens with zero attached hydrogens (tertiary/aromatic N) is 1. The van der Waals surface area contributed by atoms with Crippen LogP contribution in [0.2, 0.25) is 0 Å². The van der Waals surface area contributed by atoms with E-state index in [0.29, 0.717) is 17.4 Å². The molecule has 0 aliphatic heterocycles. The number of esters is 2. The molecule has 1 rings (SSSR count). The number of likely N-dealkylation sites (N-methyl/N-ethyl adjacent to an activating group) is 1. The zero-order valence-corrected chi connectivity index (χ0v) is 41.4. The molecule has 3 unspecified atom stereocenters. The topological polar surface area (TPSA) is 165 Å². The van der Waals surface area contributed by atoms with Crippen molar-refractivity contribution >= 4 is 19.8 Å². The van der Waals surface area contributed by atoms with Gasteiger partial charge in [0.25, 0.3) is 7.82 Å². The minimum atomic E-state index is -4.72. The van der Waals surface area contributed by atoms with Crippen molar-refractivity contribution in [2.75, 3.05) is 47.5 Å². The van der Waals surface area contributed by atoms with Crippen LogP contribution in [0.5, 0.6) is 0 Å². The highest BCUT2D eigenvalue weighted by Gasteiger charge is 2.23. The van der Waals surface area contributed by atoms with E-state index in [4.69, 9.17) is 22.9 Å². The Kier molecular flexibility index (Phi) is 33.1. The van der Waals surface area contributed by atoms with Crippen molar-refractivity contribution < 1.29 is 56.7 Å². The molecule has 63 heavy (non-hydrogen) atoms. The lowest BCUT2D eigenvalue weighted by Gasteiger charge is -2.28. The zero-order chi connectivity index (χ0) is 46.8. The maximum Gasteiger partial charge on any atom is 0.306 e. The molecule has 0 amide bonds. The lowest BCUT2D eigenvalue weighted by Crippen LogP contribution is -2.37. The predicted octanol–water partition coefficient (Wildman–Crippen LogP) is 10.7. The van der Waals surface area contributed by atoms with E-state index in [1.54, 1.807) is 0 Å². The number of carbonyl (C=O) groups is 2. The lowest BCUT2D eigenvalue weighted by molar-refractivity contribution is -0.870. The van der Waals surface area contributed by atoms with Crippen LogP contribution in [0.4, 0.5) is 0 Å². The first-order chi connectivity index (χ1) is 30.1. The van der Waals surface area contributed by atoms with Gasteiger partial charge in [-0.25, -0.2) is 0 Å². The highest BCUT2D eigenvalue weighted by atomic mass is 31.2. The van der Waals surface area contributed by atoms with E-state index in [0.717, 1.165) is 82.1 Å². The third kappa shape index (κ3) is 31.9. The van der Waals surface area contributed by atoms with E-state index < -0.39 is 44.7 Å². The van der Waals surface area contributed by atoms with Crippen molar-refractivity contribution in [1.29, 1.82) is 0 Å². The standard InChI is InChI=1S/C50H88NO11P/c1-8-10-12-13-14-15-16-17-18-21-24-28-32-45(52)46(53)33-31-37-50(55)61-44(41-60-63(56,57)59-39-38-51(5,6)7)40-58-49(54)36-30-26-23-20-19-22-25-29-35-48-43(4)42(3)47(62-48)34-27-11-9-2/h14-15,17-18,24,28,44-46,52-53H,8-13,16,19-23,25-27,29-41H2,1-7H3/b15-14-,18-17-,28-24-/t44-,45?,46?/m1/s1. The number of aliphatic hydroxyl groups is 2. The third-order valence-corrected chi connectivity index (χ3v) is 12.0. The van der Waals surface area contributed by atoms with Crippen LogP contribution in [0.25, 0.3) is 0 Å². The van der Waals surface area contributed by atoms with E-state index in [1.165, 1.54) is 56.1 Å². The summed E-state index contributed by atoms with van der Waals surface area (Å²) in [6, 6.07) is 0. The molecule has 1 heterocycles. The second kappa shape index (κ2) is 35.7. The van der Waals surface area contributed by atoms with E-state index in [1.807, 2.05) is 33.3 Å². The summed E-state index contributed by atoms with van der Waals surface area (Å²) in [7, 11) is 0.967. The van der Waals surface area contributed by atoms with Gasteiger partial charge in [0, 0.05) is 25.7 Å². The Hall–Kier alpha value is -2.57. The molecule has 0 saturated carbocycles. The Bertz CT molecular complexity index is 1480. The normalized spacial score (nSPS) is 14.8. The SMILES string of the molecule is CCCCC/C=C\C/C=C\C/C=C\CC(O)C(O)CCCC(=O)O[C@H](COC(=O)CCCCCCCCCCc1oc(CCCCC)c(C)c1C)COP(=O)([O-])OCC[N+](C)(C)C. The van der Waals surface area contributed by atoms with E-state index in [2.05, 4.69) is 52.0 Å². The zero-order valence-electron chi connectivity index (χ0n) is 40.5. The van der Waals surface area contributed by atoms with Gasteiger partial charge in [0.15, 0.2) is 6.10 Å². The van der Waals surface area contributed by atoms with Crippen LogP contribution in [0.1, 0.15) is 178 Å². The Labute approximate surface area is 382 Å². The van der Waals surface area contributed by atoms with Crippen molar-refractivity contribution in [2.24, 2.45) is 0 Å². The van der Waals surface area contributed by atoms with E-state index in [-0.39, 0.29) is 45.3 Å². The molecule has 0 spiro atoms.